The summed E-state index contributed by atoms with van der Waals surface area (Å²) in [6.07, 6.45) is -0.646. The summed E-state index contributed by atoms with van der Waals surface area (Å²) in [4.78, 5) is 0. The molecular formula is C11H17NO3S. The molecule has 0 radical (unpaired) electrons. The van der Waals surface area contributed by atoms with Crippen molar-refractivity contribution in [3.63, 3.8) is 0 Å². The fraction of sp³-hybridized carbons (Fsp3) is 0.455. The number of aliphatic hydroxyl groups is 2. The van der Waals surface area contributed by atoms with Gasteiger partial charge in [-0.3, -0.25) is 0 Å². The molecule has 4 nitrogen and oxygen atoms in total. The second kappa shape index (κ2) is 7.38. The van der Waals surface area contributed by atoms with Crippen LogP contribution in [0.2, 0.25) is 0 Å². The Balaban J connectivity index is 2.14. The molecule has 0 aromatic heterocycles. The van der Waals surface area contributed by atoms with E-state index in [-0.39, 0.29) is 6.61 Å². The minimum absolute atomic E-state index is 0.195. The summed E-state index contributed by atoms with van der Waals surface area (Å²) in [5, 5.41) is 17.7. The topological polar surface area (TPSA) is 75.7 Å². The summed E-state index contributed by atoms with van der Waals surface area (Å²) in [5.41, 5.74) is 6.33. The Kier molecular flexibility index (Phi) is 6.07. The molecule has 1 rings (SSSR count). The highest BCUT2D eigenvalue weighted by molar-refractivity contribution is 7.99. The van der Waals surface area contributed by atoms with Gasteiger partial charge in [0.15, 0.2) is 0 Å². The maximum absolute atomic E-state index is 9.09. The first-order valence-electron chi connectivity index (χ1n) is 5.08. The quantitative estimate of drug-likeness (QED) is 0.486. The Morgan fingerprint density at radius 3 is 2.81 bits per heavy atom. The maximum Gasteiger partial charge on any atom is 0.142 e. The molecule has 0 aliphatic carbocycles. The van der Waals surface area contributed by atoms with Crippen LogP contribution in [0.25, 0.3) is 0 Å². The van der Waals surface area contributed by atoms with Crippen molar-refractivity contribution in [2.75, 3.05) is 30.5 Å². The summed E-state index contributed by atoms with van der Waals surface area (Å²) < 4.78 is 5.46. The van der Waals surface area contributed by atoms with Crippen LogP contribution in [-0.4, -0.2) is 41.0 Å². The zero-order valence-corrected chi connectivity index (χ0v) is 9.82. The van der Waals surface area contributed by atoms with Crippen molar-refractivity contribution in [2.45, 2.75) is 6.10 Å². The second-order valence-corrected chi connectivity index (χ2v) is 4.45. The van der Waals surface area contributed by atoms with E-state index in [0.29, 0.717) is 23.8 Å². The fourth-order valence-corrected chi connectivity index (χ4v) is 1.84. The minimum Gasteiger partial charge on any atom is -0.491 e. The second-order valence-electron chi connectivity index (χ2n) is 3.30. The van der Waals surface area contributed by atoms with Crippen molar-refractivity contribution in [2.24, 2.45) is 0 Å². The molecule has 4 N–H and O–H groups in total. The van der Waals surface area contributed by atoms with Gasteiger partial charge in [0.1, 0.15) is 5.75 Å². The van der Waals surface area contributed by atoms with Gasteiger partial charge >= 0.3 is 0 Å². The molecule has 5 heteroatoms. The summed E-state index contributed by atoms with van der Waals surface area (Å²) >= 11 is 1.54. The first-order valence-corrected chi connectivity index (χ1v) is 6.23. The van der Waals surface area contributed by atoms with Crippen LogP contribution in [0.3, 0.4) is 0 Å². The van der Waals surface area contributed by atoms with Gasteiger partial charge in [0, 0.05) is 11.5 Å². The number of nitrogens with two attached hydrogens (primary N) is 1. The van der Waals surface area contributed by atoms with Gasteiger partial charge in [-0.15, -0.1) is 0 Å². The molecule has 1 unspecified atom stereocenters. The third-order valence-electron chi connectivity index (χ3n) is 1.93. The molecule has 0 saturated carbocycles. The lowest BCUT2D eigenvalue weighted by molar-refractivity contribution is 0.113. The van der Waals surface area contributed by atoms with Gasteiger partial charge in [-0.25, -0.2) is 0 Å². The molecule has 0 amide bonds. The highest BCUT2D eigenvalue weighted by atomic mass is 32.2. The molecule has 0 aliphatic rings. The predicted octanol–water partition coefficient (Wildman–Crippen LogP) is 0.734. The van der Waals surface area contributed by atoms with Crippen LogP contribution in [0.15, 0.2) is 24.3 Å². The number of rotatable bonds is 7. The fourth-order valence-electron chi connectivity index (χ4n) is 1.09. The normalized spacial score (nSPS) is 12.4. The van der Waals surface area contributed by atoms with E-state index in [1.165, 1.54) is 11.8 Å². The molecule has 0 spiro atoms. The monoisotopic (exact) mass is 243 g/mol. The molecule has 1 atom stereocenters. The molecular weight excluding hydrogens is 226 g/mol. The van der Waals surface area contributed by atoms with Gasteiger partial charge in [-0.2, -0.15) is 11.8 Å². The van der Waals surface area contributed by atoms with Crippen LogP contribution in [0.5, 0.6) is 5.75 Å². The summed E-state index contributed by atoms with van der Waals surface area (Å²) in [6.45, 7) is 0.344. The molecule has 0 heterocycles. The zero-order chi connectivity index (χ0) is 11.8. The molecule has 1 aromatic carbocycles. The lowest BCUT2D eigenvalue weighted by Gasteiger charge is -2.09. The SMILES string of the molecule is Nc1ccccc1OCCSCC(O)CO. The summed E-state index contributed by atoms with van der Waals surface area (Å²) in [6, 6.07) is 7.34. The van der Waals surface area contributed by atoms with Crippen LogP contribution in [0.4, 0.5) is 5.69 Å². The lowest BCUT2D eigenvalue weighted by Crippen LogP contribution is -2.15. The van der Waals surface area contributed by atoms with Crippen molar-refractivity contribution in [1.29, 1.82) is 0 Å². The van der Waals surface area contributed by atoms with Crippen LogP contribution in [-0.2, 0) is 0 Å². The number of anilines is 1. The van der Waals surface area contributed by atoms with Crippen molar-refractivity contribution in [1.82, 2.24) is 0 Å². The maximum atomic E-state index is 9.09. The van der Waals surface area contributed by atoms with Gasteiger partial charge in [0.05, 0.1) is 25.0 Å². The van der Waals surface area contributed by atoms with Crippen LogP contribution < -0.4 is 10.5 Å². The minimum atomic E-state index is -0.646. The Bertz CT molecular complexity index is 309. The molecule has 90 valence electrons. The summed E-state index contributed by atoms with van der Waals surface area (Å²) in [5.74, 6) is 1.96. The van der Waals surface area contributed by atoms with Gasteiger partial charge < -0.3 is 20.7 Å². The standard InChI is InChI=1S/C11H17NO3S/c12-10-3-1-2-4-11(10)15-5-6-16-8-9(14)7-13/h1-4,9,13-14H,5-8,12H2. The number of thioether (sulfide) groups is 1. The lowest BCUT2D eigenvalue weighted by atomic mass is 10.3. The van der Waals surface area contributed by atoms with Gasteiger partial charge in [-0.1, -0.05) is 12.1 Å². The molecule has 1 aromatic rings. The Labute approximate surface area is 99.4 Å². The van der Waals surface area contributed by atoms with Crippen LogP contribution >= 0.6 is 11.8 Å². The van der Waals surface area contributed by atoms with E-state index >= 15 is 0 Å². The predicted molar refractivity (Wildman–Crippen MR) is 66.8 cm³/mol. The Morgan fingerprint density at radius 2 is 2.12 bits per heavy atom. The molecule has 0 aliphatic heterocycles. The Hall–Kier alpha value is -0.910. The number of aliphatic hydroxyl groups excluding tert-OH is 2. The van der Waals surface area contributed by atoms with Gasteiger partial charge in [0.2, 0.25) is 0 Å². The van der Waals surface area contributed by atoms with E-state index in [1.807, 2.05) is 18.2 Å². The first-order chi connectivity index (χ1) is 7.74. The molecule has 0 fully saturated rings. The van der Waals surface area contributed by atoms with E-state index in [1.54, 1.807) is 6.07 Å². The van der Waals surface area contributed by atoms with E-state index < -0.39 is 6.10 Å². The van der Waals surface area contributed by atoms with Crippen LogP contribution in [0, 0.1) is 0 Å². The first kappa shape index (κ1) is 13.2. The average Bonchev–Trinajstić information content (AvgIpc) is 2.30. The van der Waals surface area contributed by atoms with Crippen LogP contribution in [0.1, 0.15) is 0 Å². The third kappa shape index (κ3) is 4.74. The van der Waals surface area contributed by atoms with E-state index in [0.717, 1.165) is 5.75 Å². The van der Waals surface area contributed by atoms with Gasteiger partial charge in [0.25, 0.3) is 0 Å². The average molecular weight is 243 g/mol. The number of hydrogen-bond acceptors (Lipinski definition) is 5. The van der Waals surface area contributed by atoms with Crippen molar-refractivity contribution in [3.8, 4) is 5.75 Å². The highest BCUT2D eigenvalue weighted by Gasteiger charge is 2.02. The smallest absolute Gasteiger partial charge is 0.142 e. The number of ether oxygens (including phenoxy) is 1. The molecule has 0 bridgehead atoms. The Morgan fingerprint density at radius 1 is 1.38 bits per heavy atom. The largest absolute Gasteiger partial charge is 0.491 e. The molecule has 16 heavy (non-hydrogen) atoms. The van der Waals surface area contributed by atoms with E-state index in [9.17, 15) is 0 Å². The number of nitrogen functional groups attached to an aromatic ring is 1. The highest BCUT2D eigenvalue weighted by Crippen LogP contribution is 2.19. The van der Waals surface area contributed by atoms with Crippen molar-refractivity contribution < 1.29 is 14.9 Å². The van der Waals surface area contributed by atoms with Crippen molar-refractivity contribution >= 4 is 17.4 Å². The van der Waals surface area contributed by atoms with Crippen molar-refractivity contribution in [3.05, 3.63) is 24.3 Å². The van der Waals surface area contributed by atoms with E-state index in [2.05, 4.69) is 0 Å². The number of para-hydroxylation sites is 2. The number of hydrogen-bond donors (Lipinski definition) is 3. The summed E-state index contributed by atoms with van der Waals surface area (Å²) in [7, 11) is 0. The molecule has 0 saturated heterocycles. The van der Waals surface area contributed by atoms with E-state index in [4.69, 9.17) is 20.7 Å². The third-order valence-corrected chi connectivity index (χ3v) is 3.00. The van der Waals surface area contributed by atoms with Gasteiger partial charge in [-0.05, 0) is 12.1 Å². The zero-order valence-electron chi connectivity index (χ0n) is 9.00. The number of benzene rings is 1.